The molecule has 9 heteroatoms. The molecule has 4 rings (SSSR count). The summed E-state index contributed by atoms with van der Waals surface area (Å²) in [5, 5.41) is 4.13. The molecule has 1 heterocycles. The molecular weight excluding hydrogens is 461 g/mol. The molecule has 4 N–H and O–H groups in total. The number of H-pyrrole nitrogens is 1. The Labute approximate surface area is 195 Å². The second kappa shape index (κ2) is 9.24. The number of benzene rings is 3. The van der Waals surface area contributed by atoms with E-state index in [9.17, 15) is 14.2 Å². The lowest BCUT2D eigenvalue weighted by molar-refractivity contribution is -0.120. The second-order valence-electron chi connectivity index (χ2n) is 7.33. The first-order valence-corrected chi connectivity index (χ1v) is 12.0. The van der Waals surface area contributed by atoms with Crippen LogP contribution in [0, 0.1) is 0 Å². The van der Waals surface area contributed by atoms with Crippen LogP contribution >= 0.6 is 19.0 Å². The molecule has 0 spiro atoms. The Hall–Kier alpha value is -3.38. The Morgan fingerprint density at radius 3 is 2.27 bits per heavy atom. The number of primary amides is 1. The van der Waals surface area contributed by atoms with Crippen molar-refractivity contribution < 1.29 is 18.7 Å². The summed E-state index contributed by atoms with van der Waals surface area (Å²) in [5.41, 5.74) is 6.64. The Bertz CT molecular complexity index is 1370. The Balaban J connectivity index is 1.89. The largest absolute Gasteiger partial charge is 0.368 e. The number of carbonyl (C=O) groups excluding carboxylic acids is 2. The summed E-state index contributed by atoms with van der Waals surface area (Å²) in [5.74, 6) is -1.38. The fraction of sp³-hybridized carbons (Fsp3) is 0.0833. The third-order valence-corrected chi connectivity index (χ3v) is 8.08. The highest BCUT2D eigenvalue weighted by Crippen LogP contribution is 2.47. The van der Waals surface area contributed by atoms with Crippen LogP contribution in [-0.4, -0.2) is 23.9 Å². The zero-order chi connectivity index (χ0) is 23.6. The third-order valence-electron chi connectivity index (χ3n) is 5.30. The van der Waals surface area contributed by atoms with E-state index in [0.717, 1.165) is 0 Å². The van der Waals surface area contributed by atoms with Crippen LogP contribution in [0.25, 0.3) is 10.9 Å². The van der Waals surface area contributed by atoms with Gasteiger partial charge in [-0.3, -0.25) is 14.2 Å². The molecule has 3 aromatic carbocycles. The highest BCUT2D eigenvalue weighted by Gasteiger charge is 2.36. The maximum absolute atomic E-state index is 14.2. The van der Waals surface area contributed by atoms with Crippen molar-refractivity contribution in [2.24, 2.45) is 5.73 Å². The fourth-order valence-electron chi connectivity index (χ4n) is 3.74. The zero-order valence-electron chi connectivity index (χ0n) is 17.6. The number of hydrogen-bond donors (Lipinski definition) is 3. The topological polar surface area (TPSA) is 114 Å². The van der Waals surface area contributed by atoms with E-state index in [4.69, 9.17) is 21.9 Å². The molecule has 1 unspecified atom stereocenters. The minimum absolute atomic E-state index is 0.00323. The minimum atomic E-state index is -3.72. The van der Waals surface area contributed by atoms with Gasteiger partial charge in [-0.05, 0) is 35.9 Å². The average molecular weight is 482 g/mol. The van der Waals surface area contributed by atoms with Gasteiger partial charge in [0.1, 0.15) is 11.7 Å². The maximum atomic E-state index is 14.2. The summed E-state index contributed by atoms with van der Waals surface area (Å²) in [6, 6.07) is 21.1. The molecule has 0 fully saturated rings. The lowest BCUT2D eigenvalue weighted by Gasteiger charge is -2.20. The third kappa shape index (κ3) is 4.31. The predicted octanol–water partition coefficient (Wildman–Crippen LogP) is 3.65. The molecule has 0 aliphatic rings. The number of aromatic nitrogens is 1. The van der Waals surface area contributed by atoms with Crippen molar-refractivity contribution in [2.75, 3.05) is 7.11 Å². The number of amides is 2. The van der Waals surface area contributed by atoms with Crippen LogP contribution in [0.15, 0.2) is 78.9 Å². The molecule has 33 heavy (non-hydrogen) atoms. The van der Waals surface area contributed by atoms with E-state index in [1.54, 1.807) is 78.9 Å². The molecule has 2 atom stereocenters. The van der Waals surface area contributed by atoms with E-state index in [0.29, 0.717) is 26.8 Å². The second-order valence-corrected chi connectivity index (χ2v) is 10.2. The standard InChI is InChI=1S/C24H21ClN3O4P/c1-32-33(31,17-10-6-3-7-11-17)22-18-14-16(25)12-13-19(18)27-21(22)24(30)28-20(23(26)29)15-8-4-2-5-9-15/h2-14,20,27H,1H3,(H2,26,29)(H,28,30)/t20-,33?/m0/s1. The number of carbonyl (C=O) groups is 2. The van der Waals surface area contributed by atoms with Gasteiger partial charge in [0.05, 0.1) is 5.30 Å². The monoisotopic (exact) mass is 481 g/mol. The number of rotatable bonds is 7. The molecule has 168 valence electrons. The zero-order valence-corrected chi connectivity index (χ0v) is 19.3. The van der Waals surface area contributed by atoms with Crippen LogP contribution in [-0.2, 0) is 13.9 Å². The van der Waals surface area contributed by atoms with Gasteiger partial charge in [0.15, 0.2) is 0 Å². The Morgan fingerprint density at radius 1 is 1.03 bits per heavy atom. The summed E-state index contributed by atoms with van der Waals surface area (Å²) in [6.45, 7) is 0. The number of nitrogens with one attached hydrogen (secondary N) is 2. The molecule has 1 aromatic heterocycles. The molecule has 4 aromatic rings. The first-order valence-electron chi connectivity index (χ1n) is 10.0. The van der Waals surface area contributed by atoms with E-state index < -0.39 is 25.2 Å². The quantitative estimate of drug-likeness (QED) is 0.349. The summed E-state index contributed by atoms with van der Waals surface area (Å²) in [4.78, 5) is 28.6. The number of aromatic amines is 1. The van der Waals surface area contributed by atoms with E-state index in [1.165, 1.54) is 7.11 Å². The lowest BCUT2D eigenvalue weighted by atomic mass is 10.1. The maximum Gasteiger partial charge on any atom is 0.269 e. The van der Waals surface area contributed by atoms with E-state index in [2.05, 4.69) is 10.3 Å². The number of hydrogen-bond acceptors (Lipinski definition) is 4. The smallest absolute Gasteiger partial charge is 0.269 e. The summed E-state index contributed by atoms with van der Waals surface area (Å²) in [7, 11) is -2.39. The van der Waals surface area contributed by atoms with E-state index >= 15 is 0 Å². The first-order chi connectivity index (χ1) is 15.8. The van der Waals surface area contributed by atoms with Crippen LogP contribution < -0.4 is 21.7 Å². The molecule has 0 aliphatic carbocycles. The Kier molecular flexibility index (Phi) is 6.38. The molecule has 0 bridgehead atoms. The van der Waals surface area contributed by atoms with Crippen molar-refractivity contribution in [3.8, 4) is 0 Å². The highest BCUT2D eigenvalue weighted by atomic mass is 35.5. The van der Waals surface area contributed by atoms with Crippen molar-refractivity contribution >= 4 is 52.3 Å². The SMILES string of the molecule is COP(=O)(c1ccccc1)c1c(C(=O)N[C@H](C(N)=O)c2ccccc2)[nH]c2ccc(Cl)cc12. The van der Waals surface area contributed by atoms with Crippen molar-refractivity contribution in [2.45, 2.75) is 6.04 Å². The van der Waals surface area contributed by atoms with Crippen molar-refractivity contribution in [1.29, 1.82) is 0 Å². The molecule has 0 radical (unpaired) electrons. The first kappa shape index (κ1) is 22.8. The van der Waals surface area contributed by atoms with Gasteiger partial charge in [0.2, 0.25) is 5.91 Å². The van der Waals surface area contributed by atoms with Gasteiger partial charge in [-0.25, -0.2) is 0 Å². The number of halogens is 1. The van der Waals surface area contributed by atoms with Gasteiger partial charge in [0, 0.05) is 28.3 Å². The highest BCUT2D eigenvalue weighted by molar-refractivity contribution is 7.75. The Morgan fingerprint density at radius 2 is 1.67 bits per heavy atom. The van der Waals surface area contributed by atoms with Gasteiger partial charge < -0.3 is 20.6 Å². The number of nitrogens with two attached hydrogens (primary N) is 1. The molecule has 0 saturated heterocycles. The van der Waals surface area contributed by atoms with Gasteiger partial charge in [-0.15, -0.1) is 0 Å². The van der Waals surface area contributed by atoms with Crippen molar-refractivity contribution in [3.63, 3.8) is 0 Å². The molecule has 0 saturated carbocycles. The predicted molar refractivity (Wildman–Crippen MR) is 129 cm³/mol. The normalized spacial score (nSPS) is 13.9. The lowest BCUT2D eigenvalue weighted by Crippen LogP contribution is -2.39. The van der Waals surface area contributed by atoms with Gasteiger partial charge >= 0.3 is 0 Å². The van der Waals surface area contributed by atoms with Crippen molar-refractivity contribution in [1.82, 2.24) is 10.3 Å². The molecule has 2 amide bonds. The van der Waals surface area contributed by atoms with E-state index in [-0.39, 0.29) is 11.0 Å². The van der Waals surface area contributed by atoms with Crippen LogP contribution in [0.1, 0.15) is 22.1 Å². The van der Waals surface area contributed by atoms with Crippen molar-refractivity contribution in [3.05, 3.63) is 95.1 Å². The van der Waals surface area contributed by atoms with Crippen LogP contribution in [0.2, 0.25) is 5.02 Å². The van der Waals surface area contributed by atoms with Gasteiger partial charge in [-0.1, -0.05) is 60.1 Å². The van der Waals surface area contributed by atoms with Gasteiger partial charge in [0.25, 0.3) is 13.3 Å². The summed E-state index contributed by atoms with van der Waals surface area (Å²) in [6.07, 6.45) is 0. The summed E-state index contributed by atoms with van der Waals surface area (Å²) >= 11 is 6.22. The van der Waals surface area contributed by atoms with Crippen LogP contribution in [0.3, 0.4) is 0 Å². The fourth-order valence-corrected chi connectivity index (χ4v) is 6.08. The van der Waals surface area contributed by atoms with Crippen LogP contribution in [0.5, 0.6) is 0 Å². The minimum Gasteiger partial charge on any atom is -0.368 e. The van der Waals surface area contributed by atoms with Gasteiger partial charge in [-0.2, -0.15) is 0 Å². The molecule has 0 aliphatic heterocycles. The average Bonchev–Trinajstić information content (AvgIpc) is 3.22. The molecular formula is C24H21ClN3O4P. The number of fused-ring (bicyclic) bond motifs is 1. The summed E-state index contributed by atoms with van der Waals surface area (Å²) < 4.78 is 19.8. The molecule has 7 nitrogen and oxygen atoms in total. The van der Waals surface area contributed by atoms with Crippen LogP contribution in [0.4, 0.5) is 0 Å². The van der Waals surface area contributed by atoms with E-state index in [1.807, 2.05) is 0 Å².